The lowest BCUT2D eigenvalue weighted by Crippen LogP contribution is -2.41. The van der Waals surface area contributed by atoms with Crippen LogP contribution in [0.3, 0.4) is 0 Å². The highest BCUT2D eigenvalue weighted by molar-refractivity contribution is 7.89. The number of hydrogen-bond donors (Lipinski definition) is 0. The molecule has 0 spiro atoms. The molecule has 0 bridgehead atoms. The molecule has 0 unspecified atom stereocenters. The van der Waals surface area contributed by atoms with Gasteiger partial charge in [0.25, 0.3) is 0 Å². The van der Waals surface area contributed by atoms with Crippen LogP contribution in [-0.4, -0.2) is 31.5 Å². The quantitative estimate of drug-likeness (QED) is 0.798. The molecule has 1 aromatic carbocycles. The summed E-state index contributed by atoms with van der Waals surface area (Å²) in [5.74, 6) is -0.613. The second kappa shape index (κ2) is 5.24. The largest absolute Gasteiger partial charge is 0.402 e. The van der Waals surface area contributed by atoms with Gasteiger partial charge >= 0.3 is 6.18 Å². The van der Waals surface area contributed by atoms with E-state index >= 15 is 0 Å². The highest BCUT2D eigenvalue weighted by atomic mass is 32.2. The van der Waals surface area contributed by atoms with Gasteiger partial charge in [0.2, 0.25) is 10.0 Å². The molecule has 1 aliphatic carbocycles. The summed E-state index contributed by atoms with van der Waals surface area (Å²) in [5, 5.41) is 0. The fourth-order valence-electron chi connectivity index (χ4n) is 2.37. The molecule has 0 saturated heterocycles. The molecule has 8 heteroatoms. The van der Waals surface area contributed by atoms with Crippen LogP contribution in [0.25, 0.3) is 0 Å². The van der Waals surface area contributed by atoms with Gasteiger partial charge in [0.1, 0.15) is 12.4 Å². The molecule has 3 nitrogen and oxygen atoms in total. The Morgan fingerprint density at radius 2 is 1.67 bits per heavy atom. The molecule has 21 heavy (non-hydrogen) atoms. The van der Waals surface area contributed by atoms with Crippen molar-refractivity contribution >= 4 is 10.0 Å². The Morgan fingerprint density at radius 3 is 2.05 bits per heavy atom. The molecule has 0 N–H and O–H groups in total. The summed E-state index contributed by atoms with van der Waals surface area (Å²) in [4.78, 5) is -0.236. The van der Waals surface area contributed by atoms with Crippen LogP contribution in [0.5, 0.6) is 0 Å². The Bertz CT molecular complexity index is 628. The summed E-state index contributed by atoms with van der Waals surface area (Å²) >= 11 is 0. The number of hydrogen-bond acceptors (Lipinski definition) is 2. The molecule has 1 aromatic rings. The molecule has 0 aliphatic heterocycles. The summed E-state index contributed by atoms with van der Waals surface area (Å²) in [6.07, 6.45) is -3.79. The molecule has 1 fully saturated rings. The second-order valence-electron chi connectivity index (χ2n) is 5.27. The zero-order valence-electron chi connectivity index (χ0n) is 11.5. The number of sulfonamides is 1. The number of benzene rings is 1. The molecule has 0 atom stereocenters. The topological polar surface area (TPSA) is 37.4 Å². The van der Waals surface area contributed by atoms with Gasteiger partial charge in [0.15, 0.2) is 0 Å². The van der Waals surface area contributed by atoms with Gasteiger partial charge in [-0.05, 0) is 49.9 Å². The normalized spacial score (nSPS) is 16.5. The van der Waals surface area contributed by atoms with Crippen LogP contribution in [0, 0.1) is 19.7 Å². The molecule has 0 radical (unpaired) electrons. The van der Waals surface area contributed by atoms with Crippen molar-refractivity contribution in [3.63, 3.8) is 0 Å². The van der Waals surface area contributed by atoms with E-state index in [-0.39, 0.29) is 16.0 Å². The summed E-state index contributed by atoms with van der Waals surface area (Å²) in [6, 6.07) is 1.40. The molecular formula is C13H15F4NO2S. The first-order valence-electron chi connectivity index (χ1n) is 6.38. The van der Waals surface area contributed by atoms with Gasteiger partial charge in [-0.3, -0.25) is 0 Å². The Hall–Kier alpha value is -1.15. The zero-order chi connectivity index (χ0) is 16.0. The van der Waals surface area contributed by atoms with E-state index in [2.05, 4.69) is 0 Å². The van der Waals surface area contributed by atoms with E-state index in [1.807, 2.05) is 0 Å². The third kappa shape index (κ3) is 3.55. The molecule has 0 aromatic heterocycles. The standard InChI is InChI=1S/C13H15F4NO2S/c1-8-5-10(14)6-9(2)12(8)21(19,20)18(11-3-4-11)7-13(15,16)17/h5-6,11H,3-4,7H2,1-2H3. The Labute approximate surface area is 120 Å². The lowest BCUT2D eigenvalue weighted by molar-refractivity contribution is -0.137. The van der Waals surface area contributed by atoms with Crippen molar-refractivity contribution in [3.05, 3.63) is 29.1 Å². The van der Waals surface area contributed by atoms with Gasteiger partial charge in [-0.15, -0.1) is 0 Å². The van der Waals surface area contributed by atoms with Crippen LogP contribution < -0.4 is 0 Å². The highest BCUT2D eigenvalue weighted by Crippen LogP contribution is 2.36. The van der Waals surface area contributed by atoms with Crippen LogP contribution in [0.4, 0.5) is 17.6 Å². The fourth-order valence-corrected chi connectivity index (χ4v) is 4.46. The smallest absolute Gasteiger partial charge is 0.207 e. The number of halogens is 4. The zero-order valence-corrected chi connectivity index (χ0v) is 12.4. The van der Waals surface area contributed by atoms with Gasteiger partial charge in [0.05, 0.1) is 4.90 Å². The first kappa shape index (κ1) is 16.2. The second-order valence-corrected chi connectivity index (χ2v) is 7.09. The van der Waals surface area contributed by atoms with Crippen LogP contribution in [0.15, 0.2) is 17.0 Å². The third-order valence-corrected chi connectivity index (χ3v) is 5.49. The molecule has 1 saturated carbocycles. The fraction of sp³-hybridized carbons (Fsp3) is 0.538. The van der Waals surface area contributed by atoms with Crippen molar-refractivity contribution in [2.24, 2.45) is 0 Å². The van der Waals surface area contributed by atoms with Crippen molar-refractivity contribution in [1.82, 2.24) is 4.31 Å². The Kier molecular flexibility index (Phi) is 4.05. The van der Waals surface area contributed by atoms with E-state index in [4.69, 9.17) is 0 Å². The van der Waals surface area contributed by atoms with E-state index in [9.17, 15) is 26.0 Å². The third-order valence-electron chi connectivity index (χ3n) is 3.28. The molecule has 118 valence electrons. The van der Waals surface area contributed by atoms with Gasteiger partial charge < -0.3 is 0 Å². The maximum absolute atomic E-state index is 13.3. The minimum atomic E-state index is -4.61. The minimum Gasteiger partial charge on any atom is -0.207 e. The molecule has 0 amide bonds. The number of alkyl halides is 3. The van der Waals surface area contributed by atoms with Crippen LogP contribution in [0.1, 0.15) is 24.0 Å². The maximum atomic E-state index is 13.3. The molecular weight excluding hydrogens is 310 g/mol. The predicted octanol–water partition coefficient (Wildman–Crippen LogP) is 3.16. The minimum absolute atomic E-state index is 0.111. The highest BCUT2D eigenvalue weighted by Gasteiger charge is 2.45. The van der Waals surface area contributed by atoms with Gasteiger partial charge in [-0.25, -0.2) is 12.8 Å². The van der Waals surface area contributed by atoms with E-state index < -0.39 is 34.6 Å². The summed E-state index contributed by atoms with van der Waals surface area (Å²) in [7, 11) is -4.30. The first-order chi connectivity index (χ1) is 9.52. The lowest BCUT2D eigenvalue weighted by atomic mass is 10.1. The van der Waals surface area contributed by atoms with Gasteiger partial charge in [-0.2, -0.15) is 17.5 Å². The lowest BCUT2D eigenvalue weighted by Gasteiger charge is -2.25. The van der Waals surface area contributed by atoms with Crippen LogP contribution in [0.2, 0.25) is 0 Å². The van der Waals surface area contributed by atoms with Gasteiger partial charge in [0, 0.05) is 6.04 Å². The number of nitrogens with zero attached hydrogens (tertiary/aromatic N) is 1. The molecule has 1 aliphatic rings. The van der Waals surface area contributed by atoms with Crippen molar-refractivity contribution in [3.8, 4) is 0 Å². The average Bonchev–Trinajstić information content (AvgIpc) is 3.05. The summed E-state index contributed by atoms with van der Waals surface area (Å²) in [6.45, 7) is 1.24. The summed E-state index contributed by atoms with van der Waals surface area (Å²) in [5.41, 5.74) is 0.223. The Morgan fingerprint density at radius 1 is 1.19 bits per heavy atom. The van der Waals surface area contributed by atoms with Crippen molar-refractivity contribution in [1.29, 1.82) is 0 Å². The SMILES string of the molecule is Cc1cc(F)cc(C)c1S(=O)(=O)N(CC(F)(F)F)C1CC1. The number of rotatable bonds is 4. The van der Waals surface area contributed by atoms with E-state index in [0.29, 0.717) is 17.1 Å². The van der Waals surface area contributed by atoms with Gasteiger partial charge in [-0.1, -0.05) is 0 Å². The monoisotopic (exact) mass is 325 g/mol. The first-order valence-corrected chi connectivity index (χ1v) is 7.82. The van der Waals surface area contributed by atoms with Crippen LogP contribution in [-0.2, 0) is 10.0 Å². The molecule has 0 heterocycles. The van der Waals surface area contributed by atoms with Crippen molar-refractivity contribution in [2.45, 2.75) is 43.8 Å². The maximum Gasteiger partial charge on any atom is 0.402 e. The van der Waals surface area contributed by atoms with Crippen molar-refractivity contribution in [2.75, 3.05) is 6.54 Å². The Balaban J connectivity index is 2.49. The van der Waals surface area contributed by atoms with Crippen LogP contribution >= 0.6 is 0 Å². The average molecular weight is 325 g/mol. The summed E-state index contributed by atoms with van der Waals surface area (Å²) < 4.78 is 76.8. The van der Waals surface area contributed by atoms with E-state index in [1.165, 1.54) is 13.8 Å². The molecule has 2 rings (SSSR count). The predicted molar refractivity (Wildman–Crippen MR) is 68.8 cm³/mol. The van der Waals surface area contributed by atoms with E-state index in [0.717, 1.165) is 12.1 Å². The number of aryl methyl sites for hydroxylation is 2. The van der Waals surface area contributed by atoms with E-state index in [1.54, 1.807) is 0 Å². The van der Waals surface area contributed by atoms with Crippen molar-refractivity contribution < 1.29 is 26.0 Å².